The van der Waals surface area contributed by atoms with Gasteiger partial charge >= 0.3 is 0 Å². The largest absolute Gasteiger partial charge is 0.437 e. The summed E-state index contributed by atoms with van der Waals surface area (Å²) in [5, 5.41) is 11.4. The van der Waals surface area contributed by atoms with Gasteiger partial charge in [0.15, 0.2) is 4.96 Å². The average molecular weight is 304 g/mol. The minimum atomic E-state index is -0.112. The Hall–Kier alpha value is -1.89. The van der Waals surface area contributed by atoms with Crippen LogP contribution in [-0.2, 0) is 17.8 Å². The number of thiazole rings is 1. The van der Waals surface area contributed by atoms with Crippen molar-refractivity contribution in [3.63, 3.8) is 0 Å². The second-order valence-corrected chi connectivity index (χ2v) is 5.44. The van der Waals surface area contributed by atoms with Crippen LogP contribution in [0.1, 0.15) is 11.3 Å². The molecule has 0 spiro atoms. The van der Waals surface area contributed by atoms with E-state index in [2.05, 4.69) is 4.98 Å². The first kappa shape index (κ1) is 14.1. The highest BCUT2D eigenvalue weighted by Gasteiger charge is 2.14. The molecule has 0 bridgehead atoms. The van der Waals surface area contributed by atoms with E-state index in [4.69, 9.17) is 9.47 Å². The van der Waals surface area contributed by atoms with Gasteiger partial charge in [0.2, 0.25) is 5.88 Å². The lowest BCUT2D eigenvalue weighted by molar-refractivity contribution is 0.202. The van der Waals surface area contributed by atoms with Crippen molar-refractivity contribution in [2.24, 2.45) is 0 Å². The molecule has 0 saturated carbocycles. The molecule has 0 amide bonds. The third kappa shape index (κ3) is 2.92. The van der Waals surface area contributed by atoms with E-state index in [-0.39, 0.29) is 6.61 Å². The normalized spacial score (nSPS) is 11.1. The maximum absolute atomic E-state index is 9.49. The van der Waals surface area contributed by atoms with Crippen LogP contribution in [0.25, 0.3) is 4.96 Å². The summed E-state index contributed by atoms with van der Waals surface area (Å²) in [6.45, 7) is 0.589. The molecule has 5 nitrogen and oxygen atoms in total. The highest BCUT2D eigenvalue weighted by Crippen LogP contribution is 2.28. The van der Waals surface area contributed by atoms with Gasteiger partial charge in [-0.3, -0.25) is 4.40 Å². The first-order chi connectivity index (χ1) is 10.3. The standard InChI is InChI=1S/C15H16N2O3S/c1-19-8-6-11-2-4-12(5-3-11)20-14-13(10-18)17-7-9-21-15(17)16-14/h2-5,7,9,18H,6,8,10H2,1H3. The van der Waals surface area contributed by atoms with Crippen LogP contribution in [0, 0.1) is 0 Å². The van der Waals surface area contributed by atoms with Crippen molar-refractivity contribution < 1.29 is 14.6 Å². The van der Waals surface area contributed by atoms with Crippen molar-refractivity contribution in [2.75, 3.05) is 13.7 Å². The second kappa shape index (κ2) is 6.26. The smallest absolute Gasteiger partial charge is 0.244 e. The van der Waals surface area contributed by atoms with E-state index in [0.29, 0.717) is 23.9 Å². The van der Waals surface area contributed by atoms with Crippen LogP contribution in [0.5, 0.6) is 11.6 Å². The van der Waals surface area contributed by atoms with Crippen LogP contribution < -0.4 is 4.74 Å². The van der Waals surface area contributed by atoms with Gasteiger partial charge in [-0.25, -0.2) is 0 Å². The van der Waals surface area contributed by atoms with Gasteiger partial charge < -0.3 is 14.6 Å². The van der Waals surface area contributed by atoms with E-state index in [1.54, 1.807) is 7.11 Å². The number of fused-ring (bicyclic) bond motifs is 1. The van der Waals surface area contributed by atoms with Crippen LogP contribution in [0.4, 0.5) is 0 Å². The first-order valence-electron chi connectivity index (χ1n) is 6.63. The molecule has 0 fully saturated rings. The zero-order valence-electron chi connectivity index (χ0n) is 11.7. The molecule has 3 aromatic rings. The summed E-state index contributed by atoms with van der Waals surface area (Å²) < 4.78 is 12.7. The minimum Gasteiger partial charge on any atom is -0.437 e. The number of benzene rings is 1. The molecule has 0 atom stereocenters. The molecule has 0 aliphatic heterocycles. The van der Waals surface area contributed by atoms with E-state index in [9.17, 15) is 5.11 Å². The number of aromatic nitrogens is 2. The molecule has 1 aromatic carbocycles. The van der Waals surface area contributed by atoms with Crippen LogP contribution in [-0.4, -0.2) is 28.2 Å². The third-order valence-corrected chi connectivity index (χ3v) is 3.96. The molecule has 0 aliphatic rings. The van der Waals surface area contributed by atoms with Crippen molar-refractivity contribution in [3.05, 3.63) is 47.1 Å². The predicted octanol–water partition coefficient (Wildman–Crippen LogP) is 2.87. The fourth-order valence-corrected chi connectivity index (χ4v) is 2.82. The molecule has 0 aliphatic carbocycles. The van der Waals surface area contributed by atoms with Crippen LogP contribution in [0.15, 0.2) is 35.8 Å². The number of nitrogens with zero attached hydrogens (tertiary/aromatic N) is 2. The summed E-state index contributed by atoms with van der Waals surface area (Å²) in [5.74, 6) is 1.16. The number of methoxy groups -OCH3 is 1. The van der Waals surface area contributed by atoms with Gasteiger partial charge in [-0.05, 0) is 24.1 Å². The predicted molar refractivity (Wildman–Crippen MR) is 81.1 cm³/mol. The highest BCUT2D eigenvalue weighted by molar-refractivity contribution is 7.15. The lowest BCUT2D eigenvalue weighted by Crippen LogP contribution is -1.95. The highest BCUT2D eigenvalue weighted by atomic mass is 32.1. The average Bonchev–Trinajstić information content (AvgIpc) is 3.07. The summed E-state index contributed by atoms with van der Waals surface area (Å²) in [5.41, 5.74) is 1.85. The number of aliphatic hydroxyl groups is 1. The number of ether oxygens (including phenoxy) is 2. The first-order valence-corrected chi connectivity index (χ1v) is 7.51. The minimum absolute atomic E-state index is 0.112. The molecule has 2 heterocycles. The Kier molecular flexibility index (Phi) is 4.19. The van der Waals surface area contributed by atoms with Crippen LogP contribution in [0.3, 0.4) is 0 Å². The Bertz CT molecular complexity index is 718. The molecule has 110 valence electrons. The van der Waals surface area contributed by atoms with Gasteiger partial charge in [-0.15, -0.1) is 11.3 Å². The Morgan fingerprint density at radius 2 is 2.10 bits per heavy atom. The molecule has 0 radical (unpaired) electrons. The lowest BCUT2D eigenvalue weighted by atomic mass is 10.1. The van der Waals surface area contributed by atoms with Crippen LogP contribution >= 0.6 is 11.3 Å². The molecule has 6 heteroatoms. The molecule has 0 unspecified atom stereocenters. The maximum atomic E-state index is 9.49. The van der Waals surface area contributed by atoms with Crippen molar-refractivity contribution in [2.45, 2.75) is 13.0 Å². The zero-order valence-corrected chi connectivity index (χ0v) is 12.5. The van der Waals surface area contributed by atoms with Crippen molar-refractivity contribution in [1.29, 1.82) is 0 Å². The number of rotatable bonds is 6. The number of aliphatic hydroxyl groups excluding tert-OH is 1. The van der Waals surface area contributed by atoms with Gasteiger partial charge in [0.05, 0.1) is 13.2 Å². The summed E-state index contributed by atoms with van der Waals surface area (Å²) in [4.78, 5) is 5.20. The van der Waals surface area contributed by atoms with Gasteiger partial charge in [0.25, 0.3) is 0 Å². The Balaban J connectivity index is 1.79. The van der Waals surface area contributed by atoms with Gasteiger partial charge in [0, 0.05) is 18.7 Å². The molecular formula is C15H16N2O3S. The summed E-state index contributed by atoms with van der Waals surface area (Å²) in [7, 11) is 1.69. The molecule has 1 N–H and O–H groups in total. The Labute approximate surface area is 126 Å². The Morgan fingerprint density at radius 1 is 1.29 bits per heavy atom. The quantitative estimate of drug-likeness (QED) is 0.761. The maximum Gasteiger partial charge on any atom is 0.244 e. The van der Waals surface area contributed by atoms with E-state index in [1.165, 1.54) is 16.9 Å². The fraction of sp³-hybridized carbons (Fsp3) is 0.267. The van der Waals surface area contributed by atoms with Crippen molar-refractivity contribution in [1.82, 2.24) is 9.38 Å². The van der Waals surface area contributed by atoms with Gasteiger partial charge in [-0.1, -0.05) is 12.1 Å². The van der Waals surface area contributed by atoms with E-state index >= 15 is 0 Å². The Morgan fingerprint density at radius 3 is 2.81 bits per heavy atom. The van der Waals surface area contributed by atoms with Crippen LogP contribution in [0.2, 0.25) is 0 Å². The van der Waals surface area contributed by atoms with E-state index < -0.39 is 0 Å². The topological polar surface area (TPSA) is 56.0 Å². The van der Waals surface area contributed by atoms with Crippen molar-refractivity contribution in [3.8, 4) is 11.6 Å². The zero-order chi connectivity index (χ0) is 14.7. The monoisotopic (exact) mass is 304 g/mol. The summed E-state index contributed by atoms with van der Waals surface area (Å²) in [6, 6.07) is 7.82. The number of hydrogen-bond acceptors (Lipinski definition) is 5. The third-order valence-electron chi connectivity index (χ3n) is 3.21. The molecular weight excluding hydrogens is 288 g/mol. The fourth-order valence-electron chi connectivity index (χ4n) is 2.09. The van der Waals surface area contributed by atoms with E-state index in [0.717, 1.165) is 11.4 Å². The van der Waals surface area contributed by atoms with E-state index in [1.807, 2.05) is 40.2 Å². The second-order valence-electron chi connectivity index (χ2n) is 4.57. The number of imidazole rings is 1. The van der Waals surface area contributed by atoms with Gasteiger partial charge in [-0.2, -0.15) is 4.98 Å². The SMILES string of the molecule is COCCc1ccc(Oc2nc3sccn3c2CO)cc1. The van der Waals surface area contributed by atoms with Crippen molar-refractivity contribution >= 4 is 16.3 Å². The molecule has 0 saturated heterocycles. The summed E-state index contributed by atoms with van der Waals surface area (Å²) in [6.07, 6.45) is 2.75. The molecule has 21 heavy (non-hydrogen) atoms. The molecule has 2 aromatic heterocycles. The number of hydrogen-bond donors (Lipinski definition) is 1. The van der Waals surface area contributed by atoms with Gasteiger partial charge in [0.1, 0.15) is 11.4 Å². The summed E-state index contributed by atoms with van der Waals surface area (Å²) >= 11 is 1.51. The molecule has 3 rings (SSSR count). The lowest BCUT2D eigenvalue weighted by Gasteiger charge is -2.06.